The molecule has 3 atom stereocenters. The summed E-state index contributed by atoms with van der Waals surface area (Å²) in [5.74, 6) is 0.731. The fourth-order valence-electron chi connectivity index (χ4n) is 3.28. The van der Waals surface area contributed by atoms with E-state index >= 15 is 0 Å². The van der Waals surface area contributed by atoms with E-state index in [0.717, 1.165) is 32.6 Å². The minimum atomic E-state index is 0.00836. The lowest BCUT2D eigenvalue weighted by Crippen LogP contribution is -2.56. The summed E-state index contributed by atoms with van der Waals surface area (Å²) in [6, 6.07) is 0.449. The first-order valence-electron chi connectivity index (χ1n) is 7.89. The van der Waals surface area contributed by atoms with E-state index in [1.54, 1.807) is 0 Å². The van der Waals surface area contributed by atoms with Crippen molar-refractivity contribution in [3.05, 3.63) is 0 Å². The molecule has 0 radical (unpaired) electrons. The Bertz CT molecular complexity index is 347. The van der Waals surface area contributed by atoms with E-state index in [4.69, 9.17) is 0 Å². The number of piperazine rings is 1. The lowest BCUT2D eigenvalue weighted by molar-refractivity contribution is -0.131. The van der Waals surface area contributed by atoms with Gasteiger partial charge in [0, 0.05) is 32.2 Å². The van der Waals surface area contributed by atoms with Gasteiger partial charge in [0.05, 0.1) is 12.2 Å². The zero-order valence-corrected chi connectivity index (χ0v) is 13.6. The zero-order chi connectivity index (χ0) is 14.9. The Morgan fingerprint density at radius 2 is 2.00 bits per heavy atom. The summed E-state index contributed by atoms with van der Waals surface area (Å²) in [7, 11) is 4.34. The van der Waals surface area contributed by atoms with Crippen LogP contribution in [-0.4, -0.2) is 79.1 Å². The summed E-state index contributed by atoms with van der Waals surface area (Å²) >= 11 is 0. The molecule has 0 aromatic heterocycles. The van der Waals surface area contributed by atoms with Crippen LogP contribution in [0.1, 0.15) is 27.2 Å². The number of hydrogen-bond acceptors (Lipinski definition) is 4. The molecule has 2 aliphatic heterocycles. The predicted octanol–water partition coefficient (Wildman–Crippen LogP) is 0.425. The lowest BCUT2D eigenvalue weighted by atomic mass is 10.1. The van der Waals surface area contributed by atoms with Crippen molar-refractivity contribution in [2.45, 2.75) is 45.4 Å². The maximum atomic E-state index is 12.5. The van der Waals surface area contributed by atoms with Crippen molar-refractivity contribution in [1.29, 1.82) is 0 Å². The van der Waals surface area contributed by atoms with E-state index in [9.17, 15) is 4.79 Å². The maximum Gasteiger partial charge on any atom is 0.241 e. The molecular formula is C15H30N4O. The molecule has 2 heterocycles. The molecule has 5 nitrogen and oxygen atoms in total. The molecule has 0 saturated carbocycles. The number of amides is 1. The summed E-state index contributed by atoms with van der Waals surface area (Å²) < 4.78 is 0. The third-order valence-corrected chi connectivity index (χ3v) is 4.72. The van der Waals surface area contributed by atoms with Gasteiger partial charge < -0.3 is 9.80 Å². The van der Waals surface area contributed by atoms with Crippen LogP contribution in [0.3, 0.4) is 0 Å². The van der Waals surface area contributed by atoms with Crippen molar-refractivity contribution >= 4 is 5.91 Å². The highest BCUT2D eigenvalue weighted by molar-refractivity contribution is 5.84. The smallest absolute Gasteiger partial charge is 0.241 e. The summed E-state index contributed by atoms with van der Waals surface area (Å²) in [4.78, 5) is 19.4. The van der Waals surface area contributed by atoms with Gasteiger partial charge in [0.15, 0.2) is 0 Å². The highest BCUT2D eigenvalue weighted by Gasteiger charge is 2.40. The Morgan fingerprint density at radius 1 is 1.30 bits per heavy atom. The van der Waals surface area contributed by atoms with Gasteiger partial charge in [-0.3, -0.25) is 15.0 Å². The first-order chi connectivity index (χ1) is 9.43. The van der Waals surface area contributed by atoms with Crippen molar-refractivity contribution in [2.24, 2.45) is 5.92 Å². The highest BCUT2D eigenvalue weighted by atomic mass is 16.2. The lowest BCUT2D eigenvalue weighted by Gasteiger charge is -2.41. The molecule has 3 unspecified atom stereocenters. The van der Waals surface area contributed by atoms with Gasteiger partial charge in [0.1, 0.15) is 0 Å². The van der Waals surface area contributed by atoms with Crippen molar-refractivity contribution in [3.8, 4) is 0 Å². The van der Waals surface area contributed by atoms with Crippen LogP contribution in [-0.2, 0) is 4.79 Å². The SMILES string of the molecule is CCC1NC(C(C)C)N(CC2CN(C)CCN2C)C1=O. The van der Waals surface area contributed by atoms with Gasteiger partial charge in [0.2, 0.25) is 5.91 Å². The van der Waals surface area contributed by atoms with E-state index in [1.165, 1.54) is 0 Å². The van der Waals surface area contributed by atoms with Gasteiger partial charge in [-0.05, 0) is 26.4 Å². The minimum Gasteiger partial charge on any atom is -0.324 e. The Morgan fingerprint density at radius 3 is 2.60 bits per heavy atom. The Balaban J connectivity index is 2.06. The summed E-state index contributed by atoms with van der Waals surface area (Å²) in [6.07, 6.45) is 1.06. The number of carbonyl (C=O) groups is 1. The standard InChI is InChI=1S/C15H30N4O/c1-6-13-15(20)19(14(16-13)11(2)3)10-12-9-17(4)7-8-18(12)5/h11-14,16H,6-10H2,1-5H3. The third kappa shape index (κ3) is 3.15. The van der Waals surface area contributed by atoms with Crippen molar-refractivity contribution in [2.75, 3.05) is 40.3 Å². The van der Waals surface area contributed by atoms with Crippen molar-refractivity contribution in [1.82, 2.24) is 20.0 Å². The summed E-state index contributed by atoms with van der Waals surface area (Å²) in [5, 5.41) is 3.50. The van der Waals surface area contributed by atoms with Crippen molar-refractivity contribution < 1.29 is 4.79 Å². The average molecular weight is 282 g/mol. The summed E-state index contributed by atoms with van der Waals surface area (Å²) in [6.45, 7) is 10.5. The Hall–Kier alpha value is -0.650. The van der Waals surface area contributed by atoms with Crippen LogP contribution < -0.4 is 5.32 Å². The van der Waals surface area contributed by atoms with Gasteiger partial charge in [-0.2, -0.15) is 0 Å². The number of rotatable bonds is 4. The monoisotopic (exact) mass is 282 g/mol. The number of nitrogens with zero attached hydrogens (tertiary/aromatic N) is 3. The average Bonchev–Trinajstić information content (AvgIpc) is 2.71. The maximum absolute atomic E-state index is 12.5. The molecule has 1 amide bonds. The molecule has 0 bridgehead atoms. The van der Waals surface area contributed by atoms with E-state index in [2.05, 4.69) is 54.9 Å². The van der Waals surface area contributed by atoms with Gasteiger partial charge in [0.25, 0.3) is 0 Å². The number of hydrogen-bond donors (Lipinski definition) is 1. The molecule has 2 rings (SSSR count). The molecular weight excluding hydrogens is 252 g/mol. The predicted molar refractivity (Wildman–Crippen MR) is 81.5 cm³/mol. The largest absolute Gasteiger partial charge is 0.324 e. The fraction of sp³-hybridized carbons (Fsp3) is 0.933. The molecule has 1 N–H and O–H groups in total. The molecule has 2 fully saturated rings. The fourth-order valence-corrected chi connectivity index (χ4v) is 3.28. The van der Waals surface area contributed by atoms with E-state index in [1.807, 2.05) is 0 Å². The first-order valence-corrected chi connectivity index (χ1v) is 7.89. The van der Waals surface area contributed by atoms with Crippen LogP contribution in [0.5, 0.6) is 0 Å². The molecule has 2 saturated heterocycles. The normalized spacial score (nSPS) is 33.4. The zero-order valence-electron chi connectivity index (χ0n) is 13.6. The van der Waals surface area contributed by atoms with Gasteiger partial charge in [-0.15, -0.1) is 0 Å². The van der Waals surface area contributed by atoms with E-state index < -0.39 is 0 Å². The highest BCUT2D eigenvalue weighted by Crippen LogP contribution is 2.21. The van der Waals surface area contributed by atoms with Gasteiger partial charge in [-0.25, -0.2) is 0 Å². The molecule has 2 aliphatic rings. The second-order valence-corrected chi connectivity index (χ2v) is 6.70. The van der Waals surface area contributed by atoms with Crippen LogP contribution in [0, 0.1) is 5.92 Å². The number of nitrogens with one attached hydrogen (secondary N) is 1. The van der Waals surface area contributed by atoms with Crippen LogP contribution in [0.25, 0.3) is 0 Å². The Kier molecular flexibility index (Phi) is 5.04. The van der Waals surface area contributed by atoms with E-state index in [0.29, 0.717) is 12.0 Å². The molecule has 20 heavy (non-hydrogen) atoms. The summed E-state index contributed by atoms with van der Waals surface area (Å²) in [5.41, 5.74) is 0. The van der Waals surface area contributed by atoms with Crippen LogP contribution in [0.15, 0.2) is 0 Å². The number of carbonyl (C=O) groups excluding carboxylic acids is 1. The van der Waals surface area contributed by atoms with Crippen LogP contribution >= 0.6 is 0 Å². The minimum absolute atomic E-state index is 0.00836. The molecule has 116 valence electrons. The van der Waals surface area contributed by atoms with Crippen molar-refractivity contribution in [3.63, 3.8) is 0 Å². The van der Waals surface area contributed by atoms with Gasteiger partial charge in [-0.1, -0.05) is 20.8 Å². The second kappa shape index (κ2) is 6.41. The second-order valence-electron chi connectivity index (χ2n) is 6.70. The van der Waals surface area contributed by atoms with Gasteiger partial charge >= 0.3 is 0 Å². The molecule has 5 heteroatoms. The quantitative estimate of drug-likeness (QED) is 0.811. The van der Waals surface area contributed by atoms with E-state index in [-0.39, 0.29) is 18.1 Å². The van der Waals surface area contributed by atoms with Crippen LogP contribution in [0.2, 0.25) is 0 Å². The van der Waals surface area contributed by atoms with Crippen LogP contribution in [0.4, 0.5) is 0 Å². The molecule has 0 aliphatic carbocycles. The topological polar surface area (TPSA) is 38.8 Å². The molecule has 0 aromatic carbocycles. The molecule has 0 aromatic rings. The Labute approximate surface area is 123 Å². The third-order valence-electron chi connectivity index (χ3n) is 4.72. The first kappa shape index (κ1) is 15.7. The number of likely N-dealkylation sites (N-methyl/N-ethyl adjacent to an activating group) is 2. The molecule has 0 spiro atoms.